The van der Waals surface area contributed by atoms with Gasteiger partial charge < -0.3 is 15.7 Å². The number of nitrogens with two attached hydrogens (primary N) is 1. The minimum atomic E-state index is -4.54. The molecule has 0 atom stereocenters. The van der Waals surface area contributed by atoms with Gasteiger partial charge in [0.25, 0.3) is 5.91 Å². The maximum atomic E-state index is 12.3. The Morgan fingerprint density at radius 3 is 2.53 bits per heavy atom. The maximum absolute atomic E-state index is 12.3. The van der Waals surface area contributed by atoms with Crippen LogP contribution in [-0.2, 0) is 0 Å². The molecular formula is C11H12ClF3N2O2. The SMILES string of the molecule is Nc1ccc(C(=O)N(CCO)CC(F)(F)F)cc1Cl. The van der Waals surface area contributed by atoms with Crippen molar-refractivity contribution in [1.82, 2.24) is 4.90 Å². The minimum absolute atomic E-state index is 0.0168. The second kappa shape index (κ2) is 6.12. The Hall–Kier alpha value is -1.47. The van der Waals surface area contributed by atoms with Crippen LogP contribution in [0.5, 0.6) is 0 Å². The second-order valence-corrected chi connectivity index (χ2v) is 4.21. The van der Waals surface area contributed by atoms with E-state index in [0.717, 1.165) is 0 Å². The predicted molar refractivity (Wildman–Crippen MR) is 64.9 cm³/mol. The Morgan fingerprint density at radius 2 is 2.05 bits per heavy atom. The lowest BCUT2D eigenvalue weighted by atomic mass is 10.2. The smallest absolute Gasteiger partial charge is 0.398 e. The quantitative estimate of drug-likeness (QED) is 0.834. The van der Waals surface area contributed by atoms with Crippen molar-refractivity contribution >= 4 is 23.2 Å². The zero-order valence-corrected chi connectivity index (χ0v) is 10.5. The molecule has 1 aromatic rings. The highest BCUT2D eigenvalue weighted by Crippen LogP contribution is 2.22. The Labute approximate surface area is 112 Å². The molecule has 1 amide bonds. The van der Waals surface area contributed by atoms with Gasteiger partial charge in [0.05, 0.1) is 17.3 Å². The third-order valence-electron chi connectivity index (χ3n) is 2.27. The van der Waals surface area contributed by atoms with Gasteiger partial charge in [-0.05, 0) is 18.2 Å². The summed E-state index contributed by atoms with van der Waals surface area (Å²) in [5.74, 6) is -0.867. The molecule has 1 rings (SSSR count). The maximum Gasteiger partial charge on any atom is 0.406 e. The van der Waals surface area contributed by atoms with E-state index in [2.05, 4.69) is 0 Å². The van der Waals surface area contributed by atoms with Crippen LogP contribution in [0.4, 0.5) is 18.9 Å². The van der Waals surface area contributed by atoms with Gasteiger partial charge in [-0.3, -0.25) is 4.79 Å². The average molecular weight is 297 g/mol. The molecule has 0 aliphatic heterocycles. The molecule has 0 radical (unpaired) electrons. The van der Waals surface area contributed by atoms with Gasteiger partial charge in [-0.2, -0.15) is 13.2 Å². The topological polar surface area (TPSA) is 66.6 Å². The molecule has 0 aliphatic rings. The van der Waals surface area contributed by atoms with Crippen LogP contribution in [0.25, 0.3) is 0 Å². The number of carbonyl (C=O) groups excluding carboxylic acids is 1. The highest BCUT2D eigenvalue weighted by Gasteiger charge is 2.33. The second-order valence-electron chi connectivity index (χ2n) is 3.80. The number of nitrogen functional groups attached to an aromatic ring is 1. The standard InChI is InChI=1S/C11H12ClF3N2O2/c12-8-5-7(1-2-9(8)16)10(19)17(3-4-18)6-11(13,14)15/h1-2,5,18H,3-4,6,16H2. The van der Waals surface area contributed by atoms with E-state index >= 15 is 0 Å². The third kappa shape index (κ3) is 4.60. The van der Waals surface area contributed by atoms with Crippen molar-refractivity contribution in [1.29, 1.82) is 0 Å². The molecule has 0 bridgehead atoms. The van der Waals surface area contributed by atoms with Crippen molar-refractivity contribution in [2.24, 2.45) is 0 Å². The number of rotatable bonds is 4. The van der Waals surface area contributed by atoms with E-state index in [1.54, 1.807) is 0 Å². The molecule has 0 saturated carbocycles. The number of hydrogen-bond donors (Lipinski definition) is 2. The monoisotopic (exact) mass is 296 g/mol. The van der Waals surface area contributed by atoms with Gasteiger partial charge in [0.15, 0.2) is 0 Å². The fraction of sp³-hybridized carbons (Fsp3) is 0.364. The van der Waals surface area contributed by atoms with Crippen molar-refractivity contribution in [2.75, 3.05) is 25.4 Å². The van der Waals surface area contributed by atoms with Gasteiger partial charge in [0.2, 0.25) is 0 Å². The molecule has 106 valence electrons. The van der Waals surface area contributed by atoms with E-state index in [0.29, 0.717) is 4.90 Å². The number of alkyl halides is 3. The van der Waals surface area contributed by atoms with Crippen LogP contribution < -0.4 is 5.73 Å². The molecule has 1 aromatic carbocycles. The van der Waals surface area contributed by atoms with E-state index in [9.17, 15) is 18.0 Å². The van der Waals surface area contributed by atoms with E-state index in [1.807, 2.05) is 0 Å². The number of anilines is 1. The fourth-order valence-electron chi connectivity index (χ4n) is 1.43. The third-order valence-corrected chi connectivity index (χ3v) is 2.60. The molecule has 19 heavy (non-hydrogen) atoms. The minimum Gasteiger partial charge on any atom is -0.398 e. The van der Waals surface area contributed by atoms with E-state index < -0.39 is 31.8 Å². The molecule has 0 aromatic heterocycles. The van der Waals surface area contributed by atoms with Crippen LogP contribution in [-0.4, -0.2) is 41.8 Å². The van der Waals surface area contributed by atoms with E-state index in [4.69, 9.17) is 22.4 Å². The van der Waals surface area contributed by atoms with Gasteiger partial charge >= 0.3 is 6.18 Å². The Bertz CT molecular complexity index is 466. The Morgan fingerprint density at radius 1 is 1.42 bits per heavy atom. The first kappa shape index (κ1) is 15.6. The molecule has 0 fully saturated rings. The largest absolute Gasteiger partial charge is 0.406 e. The number of benzene rings is 1. The molecular weight excluding hydrogens is 285 g/mol. The number of carbonyl (C=O) groups is 1. The summed E-state index contributed by atoms with van der Waals surface area (Å²) in [6.45, 7) is -2.42. The van der Waals surface area contributed by atoms with Gasteiger partial charge in [0.1, 0.15) is 6.54 Å². The van der Waals surface area contributed by atoms with Crippen molar-refractivity contribution in [3.8, 4) is 0 Å². The van der Waals surface area contributed by atoms with Crippen LogP contribution >= 0.6 is 11.6 Å². The molecule has 0 spiro atoms. The molecule has 0 heterocycles. The number of amides is 1. The average Bonchev–Trinajstić information content (AvgIpc) is 2.29. The van der Waals surface area contributed by atoms with Crippen LogP contribution in [0, 0.1) is 0 Å². The summed E-state index contributed by atoms with van der Waals surface area (Å²) < 4.78 is 37.0. The highest BCUT2D eigenvalue weighted by atomic mass is 35.5. The fourth-order valence-corrected chi connectivity index (χ4v) is 1.61. The van der Waals surface area contributed by atoms with Crippen molar-refractivity contribution in [3.63, 3.8) is 0 Å². The van der Waals surface area contributed by atoms with E-state index in [1.165, 1.54) is 18.2 Å². The van der Waals surface area contributed by atoms with Gasteiger partial charge in [-0.25, -0.2) is 0 Å². The van der Waals surface area contributed by atoms with Crippen LogP contribution in [0.2, 0.25) is 5.02 Å². The lowest BCUT2D eigenvalue weighted by Gasteiger charge is -2.23. The molecule has 3 N–H and O–H groups in total. The number of aliphatic hydroxyl groups is 1. The summed E-state index contributed by atoms with van der Waals surface area (Å²) in [5.41, 5.74) is 5.66. The summed E-state index contributed by atoms with van der Waals surface area (Å²) in [7, 11) is 0. The highest BCUT2D eigenvalue weighted by molar-refractivity contribution is 6.33. The predicted octanol–water partition coefficient (Wildman–Crippen LogP) is 1.92. The summed E-state index contributed by atoms with van der Waals surface area (Å²) in [6.07, 6.45) is -4.54. The molecule has 0 saturated heterocycles. The zero-order chi connectivity index (χ0) is 14.6. The Balaban J connectivity index is 2.95. The first-order chi connectivity index (χ1) is 8.74. The zero-order valence-electron chi connectivity index (χ0n) is 9.75. The number of hydrogen-bond acceptors (Lipinski definition) is 3. The summed E-state index contributed by atoms with van der Waals surface area (Å²) in [5, 5.41) is 8.81. The Kier molecular flexibility index (Phi) is 5.02. The summed E-state index contributed by atoms with van der Waals surface area (Å²) in [4.78, 5) is 12.4. The molecule has 0 aliphatic carbocycles. The first-order valence-corrected chi connectivity index (χ1v) is 5.64. The van der Waals surface area contributed by atoms with Crippen LogP contribution in [0.1, 0.15) is 10.4 Å². The lowest BCUT2D eigenvalue weighted by Crippen LogP contribution is -2.40. The van der Waals surface area contributed by atoms with Gasteiger partial charge in [-0.1, -0.05) is 11.6 Å². The lowest BCUT2D eigenvalue weighted by molar-refractivity contribution is -0.141. The molecule has 0 unspecified atom stereocenters. The first-order valence-electron chi connectivity index (χ1n) is 5.26. The molecule has 4 nitrogen and oxygen atoms in total. The van der Waals surface area contributed by atoms with Crippen LogP contribution in [0.15, 0.2) is 18.2 Å². The van der Waals surface area contributed by atoms with Crippen LogP contribution in [0.3, 0.4) is 0 Å². The number of halogens is 4. The summed E-state index contributed by atoms with van der Waals surface area (Å²) >= 11 is 5.71. The van der Waals surface area contributed by atoms with Gasteiger partial charge in [0, 0.05) is 12.1 Å². The summed E-state index contributed by atoms with van der Waals surface area (Å²) in [6, 6.07) is 3.81. The normalized spacial score (nSPS) is 11.4. The van der Waals surface area contributed by atoms with Gasteiger partial charge in [-0.15, -0.1) is 0 Å². The molecule has 8 heteroatoms. The van der Waals surface area contributed by atoms with Crippen molar-refractivity contribution < 1.29 is 23.1 Å². The number of nitrogens with zero attached hydrogens (tertiary/aromatic N) is 1. The van der Waals surface area contributed by atoms with Crippen molar-refractivity contribution in [2.45, 2.75) is 6.18 Å². The number of aliphatic hydroxyl groups excluding tert-OH is 1. The van der Waals surface area contributed by atoms with E-state index in [-0.39, 0.29) is 16.3 Å². The van der Waals surface area contributed by atoms with Crippen molar-refractivity contribution in [3.05, 3.63) is 28.8 Å².